The fourth-order valence-corrected chi connectivity index (χ4v) is 3.75. The minimum absolute atomic E-state index is 0.648. The zero-order valence-corrected chi connectivity index (χ0v) is 16.5. The van der Waals surface area contributed by atoms with E-state index in [0.29, 0.717) is 6.61 Å². The van der Waals surface area contributed by atoms with Crippen LogP contribution in [0.15, 0.2) is 74.5 Å². The van der Waals surface area contributed by atoms with E-state index in [1.807, 2.05) is 66.9 Å². The number of ether oxygens (including phenoxy) is 1. The molecule has 0 fully saturated rings. The van der Waals surface area contributed by atoms with Gasteiger partial charge in [-0.3, -0.25) is 5.43 Å². The number of nitrogens with zero attached hydrogens (tertiary/aromatic N) is 2. The molecule has 130 valence electrons. The molecule has 0 saturated heterocycles. The monoisotopic (exact) mass is 425 g/mol. The van der Waals surface area contributed by atoms with E-state index in [4.69, 9.17) is 9.73 Å². The maximum atomic E-state index is 5.54. The van der Waals surface area contributed by atoms with Crippen LogP contribution in [-0.4, -0.2) is 18.2 Å². The third-order valence-electron chi connectivity index (χ3n) is 3.91. The summed E-state index contributed by atoms with van der Waals surface area (Å²) >= 11 is 5.19. The van der Waals surface area contributed by atoms with Crippen LogP contribution in [0.4, 0.5) is 5.69 Å². The Morgan fingerprint density at radius 1 is 1.12 bits per heavy atom. The van der Waals surface area contributed by atoms with Crippen molar-refractivity contribution >= 4 is 44.5 Å². The normalized spacial score (nSPS) is 13.2. The van der Waals surface area contributed by atoms with Crippen LogP contribution in [0, 0.1) is 0 Å². The molecular formula is C20H16BrN3OS. The van der Waals surface area contributed by atoms with E-state index in [1.165, 1.54) is 0 Å². The summed E-state index contributed by atoms with van der Waals surface area (Å²) in [5.74, 6) is 1.60. The summed E-state index contributed by atoms with van der Waals surface area (Å²) in [6, 6.07) is 18.1. The number of thiophene rings is 1. The average Bonchev–Trinajstić information content (AvgIpc) is 3.12. The van der Waals surface area contributed by atoms with E-state index < -0.39 is 0 Å². The number of nitrogens with one attached hydrogen (secondary N) is 1. The first kappa shape index (κ1) is 17.0. The standard InChI is InChI=1S/C20H16BrN3OS/c1-2-25-15-8-5-13(6-9-15)19-16-12-14(21)7-10-17(16)22-20(24-23-19)18-4-3-11-26-18/h3-12H,2H2,1H3,(H,22,24). The Balaban J connectivity index is 1.80. The van der Waals surface area contributed by atoms with E-state index in [9.17, 15) is 0 Å². The summed E-state index contributed by atoms with van der Waals surface area (Å²) in [6.07, 6.45) is 0. The summed E-state index contributed by atoms with van der Waals surface area (Å²) in [6.45, 7) is 2.63. The Labute approximate surface area is 164 Å². The fraction of sp³-hybridized carbons (Fsp3) is 0.100. The van der Waals surface area contributed by atoms with Gasteiger partial charge in [-0.1, -0.05) is 22.0 Å². The second-order valence-corrected chi connectivity index (χ2v) is 7.49. The van der Waals surface area contributed by atoms with Crippen LogP contribution in [0.3, 0.4) is 0 Å². The minimum Gasteiger partial charge on any atom is -0.494 e. The Morgan fingerprint density at radius 3 is 2.69 bits per heavy atom. The molecule has 0 aliphatic carbocycles. The summed E-state index contributed by atoms with van der Waals surface area (Å²) in [7, 11) is 0. The van der Waals surface area contributed by atoms with E-state index in [-0.39, 0.29) is 0 Å². The van der Waals surface area contributed by atoms with Gasteiger partial charge in [0.15, 0.2) is 5.84 Å². The molecule has 4 nitrogen and oxygen atoms in total. The van der Waals surface area contributed by atoms with Crippen LogP contribution < -0.4 is 10.2 Å². The van der Waals surface area contributed by atoms with Gasteiger partial charge in [-0.25, -0.2) is 4.99 Å². The van der Waals surface area contributed by atoms with Gasteiger partial charge in [-0.15, -0.1) is 11.3 Å². The molecule has 6 heteroatoms. The third-order valence-corrected chi connectivity index (χ3v) is 5.28. The van der Waals surface area contributed by atoms with Gasteiger partial charge in [0.25, 0.3) is 0 Å². The lowest BCUT2D eigenvalue weighted by Gasteiger charge is -2.09. The second kappa shape index (κ2) is 7.43. The zero-order valence-electron chi connectivity index (χ0n) is 14.1. The molecule has 0 unspecified atom stereocenters. The third kappa shape index (κ3) is 3.43. The fourth-order valence-electron chi connectivity index (χ4n) is 2.73. The first-order valence-corrected chi connectivity index (χ1v) is 9.91. The smallest absolute Gasteiger partial charge is 0.164 e. The maximum Gasteiger partial charge on any atom is 0.164 e. The molecule has 26 heavy (non-hydrogen) atoms. The lowest BCUT2D eigenvalue weighted by Crippen LogP contribution is -2.18. The quantitative estimate of drug-likeness (QED) is 0.612. The van der Waals surface area contributed by atoms with Gasteiger partial charge >= 0.3 is 0 Å². The topological polar surface area (TPSA) is 46.0 Å². The first-order valence-electron chi connectivity index (χ1n) is 8.24. The molecule has 4 rings (SSSR count). The number of benzene rings is 2. The number of hydrogen-bond donors (Lipinski definition) is 1. The molecule has 0 amide bonds. The number of aliphatic imine (C=N–C) groups is 1. The Morgan fingerprint density at radius 2 is 1.96 bits per heavy atom. The number of rotatable bonds is 4. The SMILES string of the molecule is CCOc1ccc(C2=NNC(c3cccs3)=Nc3ccc(Br)cc32)cc1. The summed E-state index contributed by atoms with van der Waals surface area (Å²) in [5, 5.41) is 6.70. The van der Waals surface area contributed by atoms with Crippen molar-refractivity contribution in [2.45, 2.75) is 6.92 Å². The lowest BCUT2D eigenvalue weighted by molar-refractivity contribution is 0.340. The van der Waals surface area contributed by atoms with Gasteiger partial charge in [0.1, 0.15) is 11.5 Å². The van der Waals surface area contributed by atoms with Crippen LogP contribution >= 0.6 is 27.3 Å². The van der Waals surface area contributed by atoms with Crippen LogP contribution in [0.1, 0.15) is 22.9 Å². The lowest BCUT2D eigenvalue weighted by atomic mass is 10.0. The summed E-state index contributed by atoms with van der Waals surface area (Å²) < 4.78 is 6.53. The zero-order chi connectivity index (χ0) is 17.9. The van der Waals surface area contributed by atoms with E-state index >= 15 is 0 Å². The van der Waals surface area contributed by atoms with Crippen LogP contribution in [-0.2, 0) is 0 Å². The number of halogens is 1. The predicted octanol–water partition coefficient (Wildman–Crippen LogP) is 5.34. The second-order valence-electron chi connectivity index (χ2n) is 5.63. The molecule has 2 aromatic carbocycles. The van der Waals surface area contributed by atoms with Crippen molar-refractivity contribution in [2.75, 3.05) is 6.61 Å². The highest BCUT2D eigenvalue weighted by Gasteiger charge is 2.18. The molecule has 0 saturated carbocycles. The van der Waals surface area contributed by atoms with Gasteiger partial charge in [-0.05, 0) is 60.8 Å². The Hall–Kier alpha value is -2.44. The summed E-state index contributed by atoms with van der Waals surface area (Å²) in [5.41, 5.74) is 6.85. The minimum atomic E-state index is 0.648. The molecule has 1 aliphatic rings. The van der Waals surface area contributed by atoms with Gasteiger partial charge < -0.3 is 4.74 Å². The highest BCUT2D eigenvalue weighted by molar-refractivity contribution is 9.10. The number of fused-ring (bicyclic) bond motifs is 1. The molecule has 0 atom stereocenters. The maximum absolute atomic E-state index is 5.54. The molecular weight excluding hydrogens is 410 g/mol. The molecule has 0 radical (unpaired) electrons. The highest BCUT2D eigenvalue weighted by atomic mass is 79.9. The predicted molar refractivity (Wildman–Crippen MR) is 111 cm³/mol. The van der Waals surface area contributed by atoms with Crippen molar-refractivity contribution in [2.24, 2.45) is 10.1 Å². The molecule has 3 aromatic rings. The van der Waals surface area contributed by atoms with Crippen molar-refractivity contribution in [3.63, 3.8) is 0 Å². The van der Waals surface area contributed by atoms with Crippen molar-refractivity contribution < 1.29 is 4.74 Å². The van der Waals surface area contributed by atoms with Gasteiger partial charge in [0.05, 0.1) is 17.2 Å². The first-order chi connectivity index (χ1) is 12.7. The Bertz CT molecular complexity index is 979. The average molecular weight is 426 g/mol. The van der Waals surface area contributed by atoms with E-state index in [1.54, 1.807) is 11.3 Å². The molecule has 0 spiro atoms. The van der Waals surface area contributed by atoms with Crippen molar-refractivity contribution in [3.8, 4) is 5.75 Å². The van der Waals surface area contributed by atoms with Crippen molar-refractivity contribution in [1.29, 1.82) is 0 Å². The van der Waals surface area contributed by atoms with Crippen LogP contribution in [0.5, 0.6) is 5.75 Å². The summed E-state index contributed by atoms with van der Waals surface area (Å²) in [4.78, 5) is 5.85. The molecule has 2 heterocycles. The van der Waals surface area contributed by atoms with Crippen molar-refractivity contribution in [1.82, 2.24) is 5.43 Å². The molecule has 1 aromatic heterocycles. The molecule has 1 aliphatic heterocycles. The van der Waals surface area contributed by atoms with E-state index in [2.05, 4.69) is 26.5 Å². The highest BCUT2D eigenvalue weighted by Crippen LogP contribution is 2.29. The number of hydrazone groups is 1. The Kier molecular flexibility index (Phi) is 4.86. The largest absolute Gasteiger partial charge is 0.494 e. The van der Waals surface area contributed by atoms with Gasteiger partial charge in [-0.2, -0.15) is 5.10 Å². The van der Waals surface area contributed by atoms with Gasteiger partial charge in [0.2, 0.25) is 0 Å². The van der Waals surface area contributed by atoms with Gasteiger partial charge in [0, 0.05) is 15.6 Å². The van der Waals surface area contributed by atoms with Crippen molar-refractivity contribution in [3.05, 3.63) is 80.5 Å². The van der Waals surface area contributed by atoms with Crippen LogP contribution in [0.2, 0.25) is 0 Å². The van der Waals surface area contributed by atoms with E-state index in [0.717, 1.165) is 43.5 Å². The van der Waals surface area contributed by atoms with Crippen LogP contribution in [0.25, 0.3) is 0 Å². The number of amidine groups is 1. The molecule has 0 bridgehead atoms. The molecule has 1 N–H and O–H groups in total. The number of hydrogen-bond acceptors (Lipinski definition) is 5.